The number of pyridine rings is 2. The fraction of sp³-hybridized carbons (Fsp3) is 0.321. The molecule has 4 heterocycles. The Morgan fingerprint density at radius 1 is 0.917 bits per heavy atom. The van der Waals surface area contributed by atoms with Crippen LogP contribution in [0.25, 0.3) is 27.3 Å². The fourth-order valence-electron chi connectivity index (χ4n) is 4.16. The van der Waals surface area contributed by atoms with Crippen molar-refractivity contribution in [2.24, 2.45) is 0 Å². The predicted octanol–water partition coefficient (Wildman–Crippen LogP) is 5.70. The number of hydrogen-bond donors (Lipinski definition) is 2. The molecule has 0 saturated carbocycles. The summed E-state index contributed by atoms with van der Waals surface area (Å²) in [6.45, 7) is 12.7. The van der Waals surface area contributed by atoms with E-state index < -0.39 is 0 Å². The molecule has 0 unspecified atom stereocenters. The largest absolute Gasteiger partial charge is 0.373 e. The summed E-state index contributed by atoms with van der Waals surface area (Å²) < 4.78 is 0. The van der Waals surface area contributed by atoms with Crippen LogP contribution in [0, 0.1) is 0 Å². The van der Waals surface area contributed by atoms with E-state index in [0.29, 0.717) is 6.04 Å². The van der Waals surface area contributed by atoms with Gasteiger partial charge in [-0.3, -0.25) is 4.90 Å². The van der Waals surface area contributed by atoms with Crippen LogP contribution in [-0.4, -0.2) is 66.2 Å². The highest BCUT2D eigenvalue weighted by molar-refractivity contribution is 7.18. The zero-order valence-electron chi connectivity index (χ0n) is 21.5. The van der Waals surface area contributed by atoms with Gasteiger partial charge in [0.2, 0.25) is 0 Å². The van der Waals surface area contributed by atoms with Gasteiger partial charge >= 0.3 is 0 Å². The molecule has 1 aromatic carbocycles. The van der Waals surface area contributed by atoms with Crippen LogP contribution < -0.4 is 15.5 Å². The Labute approximate surface area is 217 Å². The topological polar surface area (TPSA) is 69.2 Å². The van der Waals surface area contributed by atoms with Crippen LogP contribution in [-0.2, 0) is 0 Å². The van der Waals surface area contributed by atoms with Gasteiger partial charge in [-0.15, -0.1) is 0 Å². The van der Waals surface area contributed by atoms with E-state index in [4.69, 9.17) is 0 Å². The molecule has 2 N–H and O–H groups in total. The normalized spacial score (nSPS) is 13.9. The van der Waals surface area contributed by atoms with Crippen LogP contribution in [0.1, 0.15) is 19.4 Å². The number of hydrogen-bond acceptors (Lipinski definition) is 8. The Balaban J connectivity index is 0.000000170. The number of anilines is 3. The maximum atomic E-state index is 4.44. The Hall–Kier alpha value is -3.49. The number of benzene rings is 1. The molecule has 0 atom stereocenters. The first-order valence-corrected chi connectivity index (χ1v) is 13.1. The molecule has 8 heteroatoms. The second kappa shape index (κ2) is 12.0. The Morgan fingerprint density at radius 2 is 1.72 bits per heavy atom. The lowest BCUT2D eigenvalue weighted by atomic mass is 10.1. The molecular formula is C28H35N7S. The molecule has 7 nitrogen and oxygen atoms in total. The van der Waals surface area contributed by atoms with E-state index in [2.05, 4.69) is 86.1 Å². The Kier molecular flexibility index (Phi) is 8.51. The van der Waals surface area contributed by atoms with Crippen LogP contribution in [0.5, 0.6) is 0 Å². The van der Waals surface area contributed by atoms with Crippen molar-refractivity contribution in [1.82, 2.24) is 19.9 Å². The van der Waals surface area contributed by atoms with Gasteiger partial charge in [-0.05, 0) is 54.6 Å². The first-order valence-electron chi connectivity index (χ1n) is 12.3. The van der Waals surface area contributed by atoms with E-state index in [-0.39, 0.29) is 0 Å². The fourth-order valence-corrected chi connectivity index (χ4v) is 4.92. The van der Waals surface area contributed by atoms with Crippen LogP contribution in [0.3, 0.4) is 0 Å². The molecule has 5 rings (SSSR count). The summed E-state index contributed by atoms with van der Waals surface area (Å²) in [6.07, 6.45) is 7.52. The van der Waals surface area contributed by atoms with Crippen molar-refractivity contribution in [2.45, 2.75) is 19.9 Å². The maximum absolute atomic E-state index is 4.44. The molecule has 1 aliphatic rings. The van der Waals surface area contributed by atoms with Crippen LogP contribution >= 0.6 is 11.3 Å². The minimum Gasteiger partial charge on any atom is -0.373 e. The summed E-state index contributed by atoms with van der Waals surface area (Å²) in [7, 11) is 3.76. The molecule has 0 spiro atoms. The van der Waals surface area contributed by atoms with Crippen molar-refractivity contribution < 1.29 is 0 Å². The Bertz CT molecular complexity index is 1290. The molecule has 188 valence electrons. The van der Waals surface area contributed by atoms with E-state index >= 15 is 0 Å². The minimum atomic E-state index is 0.643. The number of aromatic nitrogens is 3. The molecule has 3 aromatic heterocycles. The molecule has 0 amide bonds. The SMILES string of the molecule is C=Cc1ccnc(N2CCN(C(C)C)CC2)c1.CNc1cc2cc(-c3cnc(NC)s3)ccc2cn1. The summed E-state index contributed by atoms with van der Waals surface area (Å²) in [6, 6.07) is 13.2. The van der Waals surface area contributed by atoms with Gasteiger partial charge in [0.1, 0.15) is 11.6 Å². The lowest BCUT2D eigenvalue weighted by Gasteiger charge is -2.37. The van der Waals surface area contributed by atoms with Gasteiger partial charge in [-0.1, -0.05) is 36.1 Å². The molecule has 1 fully saturated rings. The second-order valence-corrected chi connectivity index (χ2v) is 9.96. The lowest BCUT2D eigenvalue weighted by Crippen LogP contribution is -2.49. The van der Waals surface area contributed by atoms with Crippen molar-refractivity contribution >= 4 is 45.0 Å². The zero-order valence-corrected chi connectivity index (χ0v) is 22.3. The zero-order chi connectivity index (χ0) is 25.5. The van der Waals surface area contributed by atoms with Gasteiger partial charge < -0.3 is 15.5 Å². The van der Waals surface area contributed by atoms with E-state index in [1.807, 2.05) is 44.8 Å². The van der Waals surface area contributed by atoms with Gasteiger partial charge in [0, 0.05) is 70.3 Å². The number of thiazole rings is 1. The third-order valence-electron chi connectivity index (χ3n) is 6.36. The molecule has 4 aromatic rings. The van der Waals surface area contributed by atoms with Crippen molar-refractivity contribution in [3.8, 4) is 10.4 Å². The standard InChI is InChI=1S/C14H14N4S.C14H21N3/c1-15-13-6-11-5-9(3-4-10(11)7-17-13)12-8-18-14(16-2)19-12;1-4-13-5-6-15-14(11-13)17-9-7-16(8-10-17)12(2)3/h3-8H,1-2H3,(H,15,17)(H,16,18);4-6,11-12H,1,7-10H2,2-3H3. The highest BCUT2D eigenvalue weighted by Gasteiger charge is 2.19. The summed E-state index contributed by atoms with van der Waals surface area (Å²) in [5.41, 5.74) is 2.32. The number of piperazine rings is 1. The third kappa shape index (κ3) is 6.19. The molecular weight excluding hydrogens is 466 g/mol. The van der Waals surface area contributed by atoms with E-state index in [1.54, 1.807) is 11.3 Å². The van der Waals surface area contributed by atoms with Crippen LogP contribution in [0.15, 0.2) is 61.6 Å². The van der Waals surface area contributed by atoms with Crippen molar-refractivity contribution in [2.75, 3.05) is 55.8 Å². The van der Waals surface area contributed by atoms with Gasteiger partial charge in [-0.25, -0.2) is 15.0 Å². The van der Waals surface area contributed by atoms with Gasteiger partial charge in [0.05, 0.1) is 4.88 Å². The van der Waals surface area contributed by atoms with Gasteiger partial charge in [0.25, 0.3) is 0 Å². The average Bonchev–Trinajstić information content (AvgIpc) is 3.42. The van der Waals surface area contributed by atoms with Crippen molar-refractivity contribution in [3.63, 3.8) is 0 Å². The molecule has 0 radical (unpaired) electrons. The van der Waals surface area contributed by atoms with Crippen LogP contribution in [0.2, 0.25) is 0 Å². The number of fused-ring (bicyclic) bond motifs is 1. The summed E-state index contributed by atoms with van der Waals surface area (Å²) in [4.78, 5) is 19.1. The Morgan fingerprint density at radius 3 is 2.39 bits per heavy atom. The molecule has 36 heavy (non-hydrogen) atoms. The van der Waals surface area contributed by atoms with Crippen LogP contribution in [0.4, 0.5) is 16.8 Å². The lowest BCUT2D eigenvalue weighted by molar-refractivity contribution is 0.209. The van der Waals surface area contributed by atoms with Crippen molar-refractivity contribution in [1.29, 1.82) is 0 Å². The highest BCUT2D eigenvalue weighted by Crippen LogP contribution is 2.31. The van der Waals surface area contributed by atoms with E-state index in [1.165, 1.54) is 10.9 Å². The van der Waals surface area contributed by atoms with E-state index in [9.17, 15) is 0 Å². The number of nitrogens with zero attached hydrogens (tertiary/aromatic N) is 5. The maximum Gasteiger partial charge on any atom is 0.182 e. The monoisotopic (exact) mass is 501 g/mol. The van der Waals surface area contributed by atoms with Gasteiger partial charge in [0.15, 0.2) is 5.13 Å². The third-order valence-corrected chi connectivity index (χ3v) is 7.42. The summed E-state index contributed by atoms with van der Waals surface area (Å²) in [5.74, 6) is 1.95. The first-order chi connectivity index (χ1) is 17.5. The smallest absolute Gasteiger partial charge is 0.182 e. The van der Waals surface area contributed by atoms with Crippen molar-refractivity contribution in [3.05, 3.63) is 67.1 Å². The summed E-state index contributed by atoms with van der Waals surface area (Å²) in [5, 5.41) is 9.37. The number of nitrogens with one attached hydrogen (secondary N) is 2. The minimum absolute atomic E-state index is 0.643. The average molecular weight is 502 g/mol. The highest BCUT2D eigenvalue weighted by atomic mass is 32.1. The second-order valence-electron chi connectivity index (χ2n) is 8.93. The molecule has 0 bridgehead atoms. The van der Waals surface area contributed by atoms with Gasteiger partial charge in [-0.2, -0.15) is 0 Å². The molecule has 1 saturated heterocycles. The quantitative estimate of drug-likeness (QED) is 0.351. The molecule has 1 aliphatic heterocycles. The predicted molar refractivity (Wildman–Crippen MR) is 155 cm³/mol. The van der Waals surface area contributed by atoms with E-state index in [0.717, 1.165) is 58.8 Å². The first kappa shape index (κ1) is 25.6. The summed E-state index contributed by atoms with van der Waals surface area (Å²) >= 11 is 1.65. The number of rotatable bonds is 6. The molecule has 0 aliphatic carbocycles.